The van der Waals surface area contributed by atoms with E-state index in [0.29, 0.717) is 5.56 Å². The molecule has 0 saturated carbocycles. The van der Waals surface area contributed by atoms with Gasteiger partial charge in [0.05, 0.1) is 11.1 Å². The van der Waals surface area contributed by atoms with Crippen molar-refractivity contribution >= 4 is 11.5 Å². The van der Waals surface area contributed by atoms with Crippen molar-refractivity contribution in [1.29, 1.82) is 0 Å². The van der Waals surface area contributed by atoms with Crippen LogP contribution in [0.5, 0.6) is 0 Å². The van der Waals surface area contributed by atoms with Crippen LogP contribution in [0.3, 0.4) is 0 Å². The lowest BCUT2D eigenvalue weighted by Crippen LogP contribution is -2.30. The fourth-order valence-electron chi connectivity index (χ4n) is 1.74. The van der Waals surface area contributed by atoms with Gasteiger partial charge in [0.2, 0.25) is 5.82 Å². The van der Waals surface area contributed by atoms with Crippen molar-refractivity contribution < 1.29 is 10.0 Å². The third-order valence-electron chi connectivity index (χ3n) is 2.91. The minimum Gasteiger partial charge on any atom is -0.383 e. The summed E-state index contributed by atoms with van der Waals surface area (Å²) in [6, 6.07) is 2.84. The van der Waals surface area contributed by atoms with Crippen molar-refractivity contribution in [2.24, 2.45) is 7.05 Å². The molecule has 0 radical (unpaired) electrons. The van der Waals surface area contributed by atoms with Gasteiger partial charge in [0.25, 0.3) is 0 Å². The number of rotatable bonds is 5. The Balaban J connectivity index is 2.14. The number of aliphatic hydroxyl groups is 1. The van der Waals surface area contributed by atoms with E-state index in [0.717, 1.165) is 0 Å². The van der Waals surface area contributed by atoms with E-state index in [-0.39, 0.29) is 18.1 Å². The van der Waals surface area contributed by atoms with Crippen LogP contribution >= 0.6 is 0 Å². The molecule has 0 bridgehead atoms. The lowest BCUT2D eigenvalue weighted by atomic mass is 10.00. The second-order valence-electron chi connectivity index (χ2n) is 4.66. The van der Waals surface area contributed by atoms with Gasteiger partial charge in [0.1, 0.15) is 5.60 Å². The topological polar surface area (TPSA) is 106 Å². The number of anilines is 1. The number of nitrogens with zero attached hydrogens (tertiary/aromatic N) is 4. The second kappa shape index (κ2) is 5.25. The van der Waals surface area contributed by atoms with Crippen LogP contribution in [0, 0.1) is 10.1 Å². The molecule has 2 heterocycles. The van der Waals surface area contributed by atoms with Crippen molar-refractivity contribution in [1.82, 2.24) is 14.8 Å². The molecule has 20 heavy (non-hydrogen) atoms. The van der Waals surface area contributed by atoms with Crippen LogP contribution in [0.15, 0.2) is 30.7 Å². The van der Waals surface area contributed by atoms with Gasteiger partial charge in [-0.25, -0.2) is 4.98 Å². The minimum absolute atomic E-state index is 0.0799. The largest absolute Gasteiger partial charge is 0.383 e. The zero-order valence-corrected chi connectivity index (χ0v) is 11.1. The highest BCUT2D eigenvalue weighted by Gasteiger charge is 2.26. The lowest BCUT2D eigenvalue weighted by molar-refractivity contribution is -0.384. The third kappa shape index (κ3) is 2.91. The summed E-state index contributed by atoms with van der Waals surface area (Å²) in [4.78, 5) is 14.3. The molecule has 0 amide bonds. The van der Waals surface area contributed by atoms with Crippen molar-refractivity contribution in [3.8, 4) is 0 Å². The van der Waals surface area contributed by atoms with Gasteiger partial charge >= 0.3 is 5.69 Å². The number of nitro groups is 1. The Morgan fingerprint density at radius 2 is 2.35 bits per heavy atom. The SMILES string of the molecule is Cn1cc(C(C)(O)CNc2ncccc2[N+](=O)[O-])cn1. The standard InChI is InChI=1S/C12H15N5O3/c1-12(18,9-6-15-16(2)7-9)8-14-11-10(17(19)20)4-3-5-13-11/h3-7,18H,8H2,1-2H3,(H,13,14). The summed E-state index contributed by atoms with van der Waals surface area (Å²) >= 11 is 0. The summed E-state index contributed by atoms with van der Waals surface area (Å²) < 4.78 is 1.58. The highest BCUT2D eigenvalue weighted by molar-refractivity contribution is 5.55. The number of hydrogen-bond donors (Lipinski definition) is 2. The molecule has 2 aromatic rings. The first-order valence-electron chi connectivity index (χ1n) is 5.95. The van der Waals surface area contributed by atoms with Crippen LogP contribution in [0.4, 0.5) is 11.5 Å². The Labute approximate surface area is 115 Å². The first-order valence-corrected chi connectivity index (χ1v) is 5.95. The zero-order chi connectivity index (χ0) is 14.8. The molecule has 2 rings (SSSR count). The van der Waals surface area contributed by atoms with E-state index in [1.165, 1.54) is 18.3 Å². The van der Waals surface area contributed by atoms with E-state index >= 15 is 0 Å². The highest BCUT2D eigenvalue weighted by Crippen LogP contribution is 2.24. The second-order valence-corrected chi connectivity index (χ2v) is 4.66. The van der Waals surface area contributed by atoms with E-state index in [9.17, 15) is 15.2 Å². The molecule has 0 fully saturated rings. The zero-order valence-electron chi connectivity index (χ0n) is 11.1. The fourth-order valence-corrected chi connectivity index (χ4v) is 1.74. The number of hydrogen-bond acceptors (Lipinski definition) is 6. The average Bonchev–Trinajstić information content (AvgIpc) is 2.84. The van der Waals surface area contributed by atoms with Crippen molar-refractivity contribution in [3.05, 3.63) is 46.4 Å². The van der Waals surface area contributed by atoms with Crippen LogP contribution in [0.2, 0.25) is 0 Å². The summed E-state index contributed by atoms with van der Waals surface area (Å²) in [5.74, 6) is 0.127. The molecule has 1 unspecified atom stereocenters. The Morgan fingerprint density at radius 1 is 1.60 bits per heavy atom. The van der Waals surface area contributed by atoms with Gasteiger partial charge in [-0.15, -0.1) is 0 Å². The summed E-state index contributed by atoms with van der Waals surface area (Å²) in [5.41, 5.74) is -0.722. The number of pyridine rings is 1. The van der Waals surface area contributed by atoms with Gasteiger partial charge in [0.15, 0.2) is 0 Å². The minimum atomic E-state index is -1.21. The first kappa shape index (κ1) is 13.9. The Morgan fingerprint density at radius 3 is 2.95 bits per heavy atom. The van der Waals surface area contributed by atoms with Crippen LogP contribution in [0.25, 0.3) is 0 Å². The van der Waals surface area contributed by atoms with E-state index in [4.69, 9.17) is 0 Å². The van der Waals surface area contributed by atoms with Crippen molar-refractivity contribution in [3.63, 3.8) is 0 Å². The van der Waals surface area contributed by atoms with Gasteiger partial charge < -0.3 is 10.4 Å². The summed E-state index contributed by atoms with van der Waals surface area (Å²) in [6.07, 6.45) is 4.69. The van der Waals surface area contributed by atoms with E-state index in [2.05, 4.69) is 15.4 Å². The van der Waals surface area contributed by atoms with Gasteiger partial charge in [-0.3, -0.25) is 14.8 Å². The monoisotopic (exact) mass is 277 g/mol. The molecule has 1 atom stereocenters. The molecule has 106 valence electrons. The predicted molar refractivity (Wildman–Crippen MR) is 72.2 cm³/mol. The van der Waals surface area contributed by atoms with Gasteiger partial charge in [-0.2, -0.15) is 5.10 Å². The summed E-state index contributed by atoms with van der Waals surface area (Å²) in [6.45, 7) is 1.68. The number of aromatic nitrogens is 3. The summed E-state index contributed by atoms with van der Waals surface area (Å²) in [5, 5.41) is 28.0. The smallest absolute Gasteiger partial charge is 0.311 e. The molecular formula is C12H15N5O3. The molecular weight excluding hydrogens is 262 g/mol. The fraction of sp³-hybridized carbons (Fsp3) is 0.333. The Bertz CT molecular complexity index is 623. The Hall–Kier alpha value is -2.48. The molecule has 0 aliphatic carbocycles. The van der Waals surface area contributed by atoms with Gasteiger partial charge in [-0.05, 0) is 13.0 Å². The maximum atomic E-state index is 10.9. The third-order valence-corrected chi connectivity index (χ3v) is 2.91. The molecule has 2 N–H and O–H groups in total. The Kier molecular flexibility index (Phi) is 3.66. The molecule has 2 aromatic heterocycles. The van der Waals surface area contributed by atoms with E-state index < -0.39 is 10.5 Å². The number of nitrogens with one attached hydrogen (secondary N) is 1. The molecule has 8 heteroatoms. The van der Waals surface area contributed by atoms with Crippen molar-refractivity contribution in [2.75, 3.05) is 11.9 Å². The predicted octanol–water partition coefficient (Wildman–Crippen LogP) is 1.04. The van der Waals surface area contributed by atoms with Crippen molar-refractivity contribution in [2.45, 2.75) is 12.5 Å². The van der Waals surface area contributed by atoms with Crippen LogP contribution in [0.1, 0.15) is 12.5 Å². The normalized spacial score (nSPS) is 13.8. The van der Waals surface area contributed by atoms with E-state index in [1.54, 1.807) is 31.0 Å². The summed E-state index contributed by atoms with van der Waals surface area (Å²) in [7, 11) is 1.75. The lowest BCUT2D eigenvalue weighted by Gasteiger charge is -2.22. The first-order chi connectivity index (χ1) is 9.40. The molecule has 8 nitrogen and oxygen atoms in total. The van der Waals surface area contributed by atoms with Crippen LogP contribution in [-0.4, -0.2) is 31.3 Å². The quantitative estimate of drug-likeness (QED) is 0.625. The average molecular weight is 277 g/mol. The van der Waals surface area contributed by atoms with E-state index in [1.807, 2.05) is 0 Å². The molecule has 0 aliphatic heterocycles. The molecule has 0 aliphatic rings. The molecule has 0 aromatic carbocycles. The van der Waals surface area contributed by atoms with Gasteiger partial charge in [-0.1, -0.05) is 0 Å². The number of aryl methyl sites for hydroxylation is 1. The maximum absolute atomic E-state index is 10.9. The van der Waals surface area contributed by atoms with Gasteiger partial charge in [0, 0.05) is 37.6 Å². The molecule has 0 spiro atoms. The maximum Gasteiger partial charge on any atom is 0.311 e. The molecule has 0 saturated heterocycles. The highest BCUT2D eigenvalue weighted by atomic mass is 16.6. The van der Waals surface area contributed by atoms with Crippen LogP contribution in [-0.2, 0) is 12.6 Å². The van der Waals surface area contributed by atoms with Crippen LogP contribution < -0.4 is 5.32 Å².